The lowest BCUT2D eigenvalue weighted by atomic mass is 10.1. The molecule has 5 heteroatoms. The molecule has 0 amide bonds. The summed E-state index contributed by atoms with van der Waals surface area (Å²) in [6.45, 7) is 0. The molecule has 0 aliphatic rings. The molecule has 0 saturated carbocycles. The summed E-state index contributed by atoms with van der Waals surface area (Å²) in [4.78, 5) is 4.40. The van der Waals surface area contributed by atoms with Gasteiger partial charge in [-0.2, -0.15) is 0 Å². The molecule has 0 bridgehead atoms. The summed E-state index contributed by atoms with van der Waals surface area (Å²) in [5.41, 5.74) is 4.05. The summed E-state index contributed by atoms with van der Waals surface area (Å²) in [6.07, 6.45) is 1.65. The Morgan fingerprint density at radius 1 is 0.808 bits per heavy atom. The second-order valence-electron chi connectivity index (χ2n) is 5.67. The third-order valence-electron chi connectivity index (χ3n) is 3.91. The smallest absolute Gasteiger partial charge is 0.132 e. The van der Waals surface area contributed by atoms with E-state index in [9.17, 15) is 4.39 Å². The zero-order valence-corrected chi connectivity index (χ0v) is 13.8. The molecule has 0 atom stereocenters. The highest BCUT2D eigenvalue weighted by Gasteiger charge is 2.14. The highest BCUT2D eigenvalue weighted by atomic mass is 19.1. The minimum atomic E-state index is -0.288. The van der Waals surface area contributed by atoms with Crippen LogP contribution in [-0.2, 0) is 0 Å². The van der Waals surface area contributed by atoms with Crippen LogP contribution in [0.5, 0.6) is 0 Å². The number of benzene rings is 3. The van der Waals surface area contributed by atoms with E-state index >= 15 is 0 Å². The van der Waals surface area contributed by atoms with E-state index in [0.29, 0.717) is 11.4 Å². The normalized spacial score (nSPS) is 11.1. The summed E-state index contributed by atoms with van der Waals surface area (Å²) < 4.78 is 14.8. The standard InChI is InChI=1S/C21H15FN4/c22-17-11-13-18(14-12-17)23-15-20-21(16-7-3-1-4-8-16)26(25-24-20)19-9-5-2-6-10-19/h1-15H. The fraction of sp³-hybridized carbons (Fsp3) is 0. The van der Waals surface area contributed by atoms with E-state index in [2.05, 4.69) is 15.3 Å². The fourth-order valence-electron chi connectivity index (χ4n) is 2.66. The fourth-order valence-corrected chi connectivity index (χ4v) is 2.66. The first kappa shape index (κ1) is 15.9. The van der Waals surface area contributed by atoms with Crippen molar-refractivity contribution in [1.29, 1.82) is 0 Å². The zero-order chi connectivity index (χ0) is 17.8. The van der Waals surface area contributed by atoms with Crippen LogP contribution in [0.3, 0.4) is 0 Å². The van der Waals surface area contributed by atoms with Crippen molar-refractivity contribution < 1.29 is 4.39 Å². The summed E-state index contributed by atoms with van der Waals surface area (Å²) in [5, 5.41) is 8.60. The Labute approximate surface area is 150 Å². The number of halogens is 1. The summed E-state index contributed by atoms with van der Waals surface area (Å²) in [7, 11) is 0. The average molecular weight is 342 g/mol. The van der Waals surface area contributed by atoms with Gasteiger partial charge in [0, 0.05) is 5.56 Å². The van der Waals surface area contributed by atoms with Gasteiger partial charge in [-0.25, -0.2) is 9.07 Å². The van der Waals surface area contributed by atoms with Gasteiger partial charge in [0.05, 0.1) is 17.6 Å². The van der Waals surface area contributed by atoms with E-state index < -0.39 is 0 Å². The lowest BCUT2D eigenvalue weighted by Crippen LogP contribution is -1.99. The van der Waals surface area contributed by atoms with Crippen LogP contribution < -0.4 is 0 Å². The Bertz CT molecular complexity index is 1020. The van der Waals surface area contributed by atoms with Crippen LogP contribution in [0.25, 0.3) is 16.9 Å². The second-order valence-corrected chi connectivity index (χ2v) is 5.67. The maximum Gasteiger partial charge on any atom is 0.132 e. The largest absolute Gasteiger partial charge is 0.254 e. The van der Waals surface area contributed by atoms with E-state index in [1.165, 1.54) is 12.1 Å². The predicted octanol–water partition coefficient (Wildman–Crippen LogP) is 4.82. The molecule has 4 nitrogen and oxygen atoms in total. The number of hydrogen-bond donors (Lipinski definition) is 0. The van der Waals surface area contributed by atoms with E-state index in [1.54, 1.807) is 23.0 Å². The Kier molecular flexibility index (Phi) is 4.35. The Hall–Kier alpha value is -3.60. The van der Waals surface area contributed by atoms with Crippen molar-refractivity contribution in [2.45, 2.75) is 0 Å². The van der Waals surface area contributed by atoms with E-state index in [0.717, 1.165) is 16.9 Å². The highest BCUT2D eigenvalue weighted by Crippen LogP contribution is 2.24. The molecule has 0 aliphatic heterocycles. The quantitative estimate of drug-likeness (QED) is 0.499. The van der Waals surface area contributed by atoms with Gasteiger partial charge in [0.2, 0.25) is 0 Å². The van der Waals surface area contributed by atoms with Gasteiger partial charge in [0.15, 0.2) is 0 Å². The van der Waals surface area contributed by atoms with Crippen molar-refractivity contribution in [3.05, 3.63) is 96.4 Å². The first-order valence-corrected chi connectivity index (χ1v) is 8.17. The molecule has 1 aromatic heterocycles. The van der Waals surface area contributed by atoms with Crippen molar-refractivity contribution in [3.8, 4) is 16.9 Å². The molecule has 0 N–H and O–H groups in total. The molecule has 26 heavy (non-hydrogen) atoms. The molecule has 0 unspecified atom stereocenters. The molecule has 4 rings (SSSR count). The Morgan fingerprint density at radius 3 is 2.15 bits per heavy atom. The molecule has 0 radical (unpaired) electrons. The number of aliphatic imine (C=N–C) groups is 1. The SMILES string of the molecule is Fc1ccc(N=Cc2nnn(-c3ccccc3)c2-c2ccccc2)cc1. The Morgan fingerprint density at radius 2 is 1.46 bits per heavy atom. The van der Waals surface area contributed by atoms with Gasteiger partial charge in [0.1, 0.15) is 17.2 Å². The van der Waals surface area contributed by atoms with Gasteiger partial charge in [-0.1, -0.05) is 53.7 Å². The third kappa shape index (κ3) is 3.28. The highest BCUT2D eigenvalue weighted by molar-refractivity contribution is 5.88. The van der Waals surface area contributed by atoms with Crippen LogP contribution in [0, 0.1) is 5.82 Å². The number of hydrogen-bond acceptors (Lipinski definition) is 3. The van der Waals surface area contributed by atoms with Crippen molar-refractivity contribution in [2.75, 3.05) is 0 Å². The minimum absolute atomic E-state index is 0.288. The van der Waals surface area contributed by atoms with Crippen molar-refractivity contribution >= 4 is 11.9 Å². The second kappa shape index (κ2) is 7.11. The van der Waals surface area contributed by atoms with Crippen LogP contribution >= 0.6 is 0 Å². The van der Waals surface area contributed by atoms with Gasteiger partial charge in [-0.15, -0.1) is 5.10 Å². The topological polar surface area (TPSA) is 43.1 Å². The summed E-state index contributed by atoms with van der Waals surface area (Å²) in [5.74, 6) is -0.288. The predicted molar refractivity (Wildman–Crippen MR) is 100 cm³/mol. The third-order valence-corrected chi connectivity index (χ3v) is 3.91. The van der Waals surface area contributed by atoms with E-state index in [-0.39, 0.29) is 5.82 Å². The Balaban J connectivity index is 1.80. The summed E-state index contributed by atoms with van der Waals surface area (Å²) >= 11 is 0. The van der Waals surface area contributed by atoms with Crippen LogP contribution in [0.4, 0.5) is 10.1 Å². The number of nitrogens with zero attached hydrogens (tertiary/aromatic N) is 4. The van der Waals surface area contributed by atoms with Gasteiger partial charge in [-0.3, -0.25) is 4.99 Å². The molecular formula is C21H15FN4. The van der Waals surface area contributed by atoms with E-state index in [1.807, 2.05) is 60.7 Å². The van der Waals surface area contributed by atoms with Gasteiger partial charge < -0.3 is 0 Å². The van der Waals surface area contributed by atoms with Gasteiger partial charge in [-0.05, 0) is 36.4 Å². The molecule has 0 saturated heterocycles. The molecule has 4 aromatic rings. The van der Waals surface area contributed by atoms with Crippen LogP contribution in [0.15, 0.2) is 89.9 Å². The lowest BCUT2D eigenvalue weighted by Gasteiger charge is -2.07. The summed E-state index contributed by atoms with van der Waals surface area (Å²) in [6, 6.07) is 25.7. The van der Waals surface area contributed by atoms with Crippen molar-refractivity contribution in [3.63, 3.8) is 0 Å². The van der Waals surface area contributed by atoms with Gasteiger partial charge in [0.25, 0.3) is 0 Å². The van der Waals surface area contributed by atoms with Crippen LogP contribution in [0.2, 0.25) is 0 Å². The monoisotopic (exact) mass is 342 g/mol. The lowest BCUT2D eigenvalue weighted by molar-refractivity contribution is 0.628. The van der Waals surface area contributed by atoms with E-state index in [4.69, 9.17) is 0 Å². The molecule has 126 valence electrons. The zero-order valence-electron chi connectivity index (χ0n) is 13.8. The minimum Gasteiger partial charge on any atom is -0.254 e. The molecule has 1 heterocycles. The molecule has 0 fully saturated rings. The van der Waals surface area contributed by atoms with Gasteiger partial charge >= 0.3 is 0 Å². The van der Waals surface area contributed by atoms with Crippen molar-refractivity contribution in [1.82, 2.24) is 15.0 Å². The molecular weight excluding hydrogens is 327 g/mol. The molecule has 3 aromatic carbocycles. The maximum atomic E-state index is 13.0. The van der Waals surface area contributed by atoms with Crippen molar-refractivity contribution in [2.24, 2.45) is 4.99 Å². The van der Waals surface area contributed by atoms with Crippen LogP contribution in [-0.4, -0.2) is 21.2 Å². The average Bonchev–Trinajstić information content (AvgIpc) is 3.13. The number of rotatable bonds is 4. The number of para-hydroxylation sites is 1. The molecule has 0 aliphatic carbocycles. The first-order valence-electron chi connectivity index (χ1n) is 8.17. The maximum absolute atomic E-state index is 13.0. The first-order chi connectivity index (χ1) is 12.8. The number of aromatic nitrogens is 3. The van der Waals surface area contributed by atoms with Crippen LogP contribution in [0.1, 0.15) is 5.69 Å². The molecule has 0 spiro atoms.